The zero-order valence-electron chi connectivity index (χ0n) is 11.7. The molecule has 4 nitrogen and oxygen atoms in total. The number of ether oxygens (including phenoxy) is 2. The number of hydrogen-bond donors (Lipinski definition) is 1. The number of rotatable bonds is 5. The molecule has 0 unspecified atom stereocenters. The fourth-order valence-electron chi connectivity index (χ4n) is 2.86. The van der Waals surface area contributed by atoms with Crippen molar-refractivity contribution in [3.8, 4) is 11.5 Å². The van der Waals surface area contributed by atoms with Gasteiger partial charge in [0, 0.05) is 18.6 Å². The summed E-state index contributed by atoms with van der Waals surface area (Å²) in [6.07, 6.45) is 3.95. The Kier molecular flexibility index (Phi) is 3.37. The van der Waals surface area contributed by atoms with E-state index >= 15 is 0 Å². The fraction of sp³-hybridized carbons (Fsp3) is 0.600. The van der Waals surface area contributed by atoms with Crippen LogP contribution in [-0.4, -0.2) is 37.9 Å². The Hall–Kier alpha value is -1.26. The SMILES string of the molecule is CN(C)C1(CNCc2ccc3c(c2)OCO3)CCC1. The minimum atomic E-state index is 0.343. The lowest BCUT2D eigenvalue weighted by Crippen LogP contribution is -2.56. The standard InChI is InChI=1S/C15H22N2O2/c1-17(2)15(6-3-7-15)10-16-9-12-4-5-13-14(8-12)19-11-18-13/h4-5,8,16H,3,6-7,9-11H2,1-2H3. The molecule has 0 bridgehead atoms. The van der Waals surface area contributed by atoms with E-state index in [2.05, 4.69) is 36.4 Å². The average molecular weight is 262 g/mol. The molecule has 0 amide bonds. The molecule has 1 saturated carbocycles. The summed E-state index contributed by atoms with van der Waals surface area (Å²) in [5.41, 5.74) is 1.62. The van der Waals surface area contributed by atoms with Crippen LogP contribution >= 0.6 is 0 Å². The van der Waals surface area contributed by atoms with Gasteiger partial charge in [-0.3, -0.25) is 0 Å². The molecular formula is C15H22N2O2. The number of fused-ring (bicyclic) bond motifs is 1. The molecule has 19 heavy (non-hydrogen) atoms. The van der Waals surface area contributed by atoms with E-state index in [1.807, 2.05) is 6.07 Å². The number of likely N-dealkylation sites (N-methyl/N-ethyl adjacent to an activating group) is 1. The highest BCUT2D eigenvalue weighted by molar-refractivity contribution is 5.44. The molecule has 0 spiro atoms. The molecule has 0 radical (unpaired) electrons. The van der Waals surface area contributed by atoms with Crippen LogP contribution < -0.4 is 14.8 Å². The molecule has 0 aromatic heterocycles. The van der Waals surface area contributed by atoms with Gasteiger partial charge in [-0.1, -0.05) is 6.07 Å². The van der Waals surface area contributed by atoms with E-state index in [0.29, 0.717) is 12.3 Å². The highest BCUT2D eigenvalue weighted by atomic mass is 16.7. The Labute approximate surface area is 114 Å². The maximum atomic E-state index is 5.40. The summed E-state index contributed by atoms with van der Waals surface area (Å²) in [4.78, 5) is 2.36. The summed E-state index contributed by atoms with van der Waals surface area (Å²) < 4.78 is 10.7. The number of nitrogens with zero attached hydrogens (tertiary/aromatic N) is 1. The van der Waals surface area contributed by atoms with Crippen LogP contribution in [0.1, 0.15) is 24.8 Å². The van der Waals surface area contributed by atoms with Gasteiger partial charge >= 0.3 is 0 Å². The van der Waals surface area contributed by atoms with E-state index in [1.165, 1.54) is 24.8 Å². The van der Waals surface area contributed by atoms with Crippen LogP contribution in [0.5, 0.6) is 11.5 Å². The first-order valence-electron chi connectivity index (χ1n) is 6.96. The summed E-state index contributed by atoms with van der Waals surface area (Å²) in [6, 6.07) is 6.16. The summed E-state index contributed by atoms with van der Waals surface area (Å²) in [6.45, 7) is 2.27. The van der Waals surface area contributed by atoms with Gasteiger partial charge in [0.2, 0.25) is 6.79 Å². The van der Waals surface area contributed by atoms with Gasteiger partial charge in [0.15, 0.2) is 11.5 Å². The van der Waals surface area contributed by atoms with Crippen molar-refractivity contribution in [2.45, 2.75) is 31.3 Å². The molecule has 1 fully saturated rings. The minimum absolute atomic E-state index is 0.343. The van der Waals surface area contributed by atoms with Crippen LogP contribution in [0.15, 0.2) is 18.2 Å². The molecule has 3 rings (SSSR count). The van der Waals surface area contributed by atoms with E-state index in [-0.39, 0.29) is 0 Å². The van der Waals surface area contributed by atoms with Gasteiger partial charge < -0.3 is 19.7 Å². The smallest absolute Gasteiger partial charge is 0.231 e. The first kappa shape index (κ1) is 12.8. The maximum absolute atomic E-state index is 5.40. The molecule has 0 saturated heterocycles. The van der Waals surface area contributed by atoms with Gasteiger partial charge in [-0.05, 0) is 51.1 Å². The second-order valence-corrected chi connectivity index (χ2v) is 5.76. The van der Waals surface area contributed by atoms with Crippen LogP contribution in [-0.2, 0) is 6.54 Å². The second kappa shape index (κ2) is 5.02. The predicted octanol–water partition coefficient (Wildman–Crippen LogP) is 1.99. The van der Waals surface area contributed by atoms with Gasteiger partial charge in [0.25, 0.3) is 0 Å². The van der Waals surface area contributed by atoms with Gasteiger partial charge in [0.05, 0.1) is 0 Å². The van der Waals surface area contributed by atoms with Crippen molar-refractivity contribution in [3.05, 3.63) is 23.8 Å². The summed E-state index contributed by atoms with van der Waals surface area (Å²) in [7, 11) is 4.36. The van der Waals surface area contributed by atoms with E-state index < -0.39 is 0 Å². The van der Waals surface area contributed by atoms with Crippen LogP contribution in [0.25, 0.3) is 0 Å². The molecule has 1 aromatic carbocycles. The topological polar surface area (TPSA) is 33.7 Å². The molecule has 1 N–H and O–H groups in total. The van der Waals surface area contributed by atoms with Crippen molar-refractivity contribution in [3.63, 3.8) is 0 Å². The summed E-state index contributed by atoms with van der Waals surface area (Å²) in [5.74, 6) is 1.72. The number of hydrogen-bond acceptors (Lipinski definition) is 4. The monoisotopic (exact) mass is 262 g/mol. The molecule has 1 heterocycles. The third kappa shape index (κ3) is 2.42. The maximum Gasteiger partial charge on any atom is 0.231 e. The van der Waals surface area contributed by atoms with Crippen LogP contribution in [0.4, 0.5) is 0 Å². The van der Waals surface area contributed by atoms with E-state index in [0.717, 1.165) is 24.6 Å². The Morgan fingerprint density at radius 2 is 2.00 bits per heavy atom. The molecule has 1 aromatic rings. The Morgan fingerprint density at radius 1 is 1.21 bits per heavy atom. The van der Waals surface area contributed by atoms with Crippen LogP contribution in [0, 0.1) is 0 Å². The van der Waals surface area contributed by atoms with Crippen molar-refractivity contribution >= 4 is 0 Å². The van der Waals surface area contributed by atoms with Crippen molar-refractivity contribution in [1.29, 1.82) is 0 Å². The minimum Gasteiger partial charge on any atom is -0.454 e. The number of benzene rings is 1. The summed E-state index contributed by atoms with van der Waals surface area (Å²) in [5, 5.41) is 3.58. The third-order valence-electron chi connectivity index (χ3n) is 4.45. The largest absolute Gasteiger partial charge is 0.454 e. The van der Waals surface area contributed by atoms with Crippen LogP contribution in [0.3, 0.4) is 0 Å². The third-order valence-corrected chi connectivity index (χ3v) is 4.45. The highest BCUT2D eigenvalue weighted by Crippen LogP contribution is 2.36. The van der Waals surface area contributed by atoms with Gasteiger partial charge in [-0.2, -0.15) is 0 Å². The van der Waals surface area contributed by atoms with Gasteiger partial charge in [-0.15, -0.1) is 0 Å². The predicted molar refractivity (Wildman–Crippen MR) is 74.5 cm³/mol. The molecule has 1 aliphatic carbocycles. The van der Waals surface area contributed by atoms with E-state index in [9.17, 15) is 0 Å². The molecule has 4 heteroatoms. The van der Waals surface area contributed by atoms with Crippen molar-refractivity contribution < 1.29 is 9.47 Å². The van der Waals surface area contributed by atoms with Gasteiger partial charge in [-0.25, -0.2) is 0 Å². The van der Waals surface area contributed by atoms with E-state index in [1.54, 1.807) is 0 Å². The quantitative estimate of drug-likeness (QED) is 0.880. The Morgan fingerprint density at radius 3 is 2.68 bits per heavy atom. The Bertz CT molecular complexity index is 455. The zero-order valence-corrected chi connectivity index (χ0v) is 11.7. The van der Waals surface area contributed by atoms with Crippen molar-refractivity contribution in [2.24, 2.45) is 0 Å². The highest BCUT2D eigenvalue weighted by Gasteiger charge is 2.38. The molecular weight excluding hydrogens is 240 g/mol. The molecule has 0 atom stereocenters. The normalized spacial score (nSPS) is 19.5. The van der Waals surface area contributed by atoms with Crippen molar-refractivity contribution in [2.75, 3.05) is 27.4 Å². The zero-order chi connectivity index (χ0) is 13.3. The first-order chi connectivity index (χ1) is 9.20. The van der Waals surface area contributed by atoms with E-state index in [4.69, 9.17) is 9.47 Å². The molecule has 1 aliphatic heterocycles. The second-order valence-electron chi connectivity index (χ2n) is 5.76. The van der Waals surface area contributed by atoms with Crippen molar-refractivity contribution in [1.82, 2.24) is 10.2 Å². The lowest BCUT2D eigenvalue weighted by molar-refractivity contribution is 0.0598. The average Bonchev–Trinajstić information content (AvgIpc) is 2.79. The molecule has 2 aliphatic rings. The van der Waals surface area contributed by atoms with Crippen LogP contribution in [0.2, 0.25) is 0 Å². The summed E-state index contributed by atoms with van der Waals surface area (Å²) >= 11 is 0. The molecule has 104 valence electrons. The number of nitrogens with one attached hydrogen (secondary N) is 1. The fourth-order valence-corrected chi connectivity index (χ4v) is 2.86. The Balaban J connectivity index is 1.55. The lowest BCUT2D eigenvalue weighted by atomic mass is 9.75. The first-order valence-corrected chi connectivity index (χ1v) is 6.96. The lowest BCUT2D eigenvalue weighted by Gasteiger charge is -2.47. The van der Waals surface area contributed by atoms with Gasteiger partial charge in [0.1, 0.15) is 0 Å².